The van der Waals surface area contributed by atoms with Crippen LogP contribution in [0.4, 0.5) is 0 Å². The first-order valence-corrected chi connectivity index (χ1v) is 29.6. The Morgan fingerprint density at radius 3 is 1.32 bits per heavy atom. The van der Waals surface area contributed by atoms with Gasteiger partial charge in [-0.25, -0.2) is 0 Å². The molecule has 3 saturated heterocycles. The summed E-state index contributed by atoms with van der Waals surface area (Å²) < 4.78 is 34.1. The van der Waals surface area contributed by atoms with Crippen molar-refractivity contribution >= 4 is 5.91 Å². The second-order valence-electron chi connectivity index (χ2n) is 20.7. The number of nitrogens with one attached hydrogen (secondary N) is 1. The third-order valence-corrected chi connectivity index (χ3v) is 14.1. The van der Waals surface area contributed by atoms with E-state index in [1.165, 1.54) is 0 Å². The summed E-state index contributed by atoms with van der Waals surface area (Å²) in [5.74, 6) is -0.312. The molecule has 19 heteroatoms. The quantitative estimate of drug-likeness (QED) is 0.0278. The molecule has 81 heavy (non-hydrogen) atoms. The molecule has 0 saturated carbocycles. The van der Waals surface area contributed by atoms with Crippen LogP contribution in [0.25, 0.3) is 0 Å². The molecule has 3 heterocycles. The van der Waals surface area contributed by atoms with Crippen molar-refractivity contribution in [2.45, 2.75) is 247 Å². The Balaban J connectivity index is 1.41. The highest BCUT2D eigenvalue weighted by molar-refractivity contribution is 5.76. The van der Waals surface area contributed by atoms with Crippen molar-refractivity contribution in [3.05, 3.63) is 109 Å². The molecule has 19 nitrogen and oxygen atoms in total. The summed E-state index contributed by atoms with van der Waals surface area (Å²) in [4.78, 5) is 13.2. The van der Waals surface area contributed by atoms with Crippen molar-refractivity contribution in [2.75, 3.05) is 26.4 Å². The molecular formula is C62H101NO18. The first kappa shape index (κ1) is 71.7. The minimum atomic E-state index is -1.98. The topological polar surface area (TPSA) is 307 Å². The van der Waals surface area contributed by atoms with E-state index in [-0.39, 0.29) is 18.9 Å². The summed E-state index contributed by atoms with van der Waals surface area (Å²) in [6.45, 7) is 1.47. The molecule has 17 unspecified atom stereocenters. The monoisotopic (exact) mass is 1150 g/mol. The molecule has 12 N–H and O–H groups in total. The van der Waals surface area contributed by atoms with Gasteiger partial charge < -0.3 is 89.9 Å². The Morgan fingerprint density at radius 1 is 0.457 bits per heavy atom. The zero-order chi connectivity index (χ0) is 59.0. The van der Waals surface area contributed by atoms with Crippen LogP contribution in [-0.2, 0) is 33.2 Å². The van der Waals surface area contributed by atoms with Gasteiger partial charge in [0.1, 0.15) is 73.2 Å². The van der Waals surface area contributed by atoms with Crippen molar-refractivity contribution in [3.8, 4) is 0 Å². The van der Waals surface area contributed by atoms with E-state index in [0.717, 1.165) is 116 Å². The van der Waals surface area contributed by atoms with Gasteiger partial charge in [0, 0.05) is 6.42 Å². The third-order valence-electron chi connectivity index (χ3n) is 14.1. The lowest BCUT2D eigenvalue weighted by Gasteiger charge is -2.48. The molecule has 3 rings (SSSR count). The molecule has 17 atom stereocenters. The Morgan fingerprint density at radius 2 is 0.852 bits per heavy atom. The van der Waals surface area contributed by atoms with Gasteiger partial charge in [0.25, 0.3) is 0 Å². The third kappa shape index (κ3) is 27.8. The molecule has 0 aliphatic carbocycles. The molecule has 0 aromatic carbocycles. The number of hydrogen-bond acceptors (Lipinski definition) is 18. The normalized spacial score (nSPS) is 30.6. The number of carbonyl (C=O) groups excluding carboxylic acids is 1. The smallest absolute Gasteiger partial charge is 0.220 e. The van der Waals surface area contributed by atoms with E-state index >= 15 is 0 Å². The highest BCUT2D eigenvalue weighted by Gasteiger charge is 2.53. The van der Waals surface area contributed by atoms with Crippen molar-refractivity contribution in [1.29, 1.82) is 0 Å². The average Bonchev–Trinajstić information content (AvgIpc) is 3.48. The van der Waals surface area contributed by atoms with Gasteiger partial charge in [-0.05, 0) is 83.5 Å². The number of amides is 1. The Bertz CT molecular complexity index is 1900. The Hall–Kier alpha value is -3.55. The van der Waals surface area contributed by atoms with Crippen molar-refractivity contribution in [1.82, 2.24) is 5.32 Å². The second kappa shape index (κ2) is 44.0. The van der Waals surface area contributed by atoms with Crippen LogP contribution in [0.3, 0.4) is 0 Å². The van der Waals surface area contributed by atoms with Crippen molar-refractivity contribution < 1.29 is 89.4 Å². The van der Waals surface area contributed by atoms with Gasteiger partial charge in [-0.2, -0.15) is 0 Å². The molecule has 3 aliphatic heterocycles. The van der Waals surface area contributed by atoms with E-state index in [0.29, 0.717) is 6.42 Å². The van der Waals surface area contributed by atoms with Crippen LogP contribution in [0.2, 0.25) is 0 Å². The van der Waals surface area contributed by atoms with Crippen LogP contribution in [0.5, 0.6) is 0 Å². The zero-order valence-corrected chi connectivity index (χ0v) is 48.0. The maximum Gasteiger partial charge on any atom is 0.220 e. The maximum atomic E-state index is 13.2. The minimum absolute atomic E-state index is 0.205. The summed E-state index contributed by atoms with van der Waals surface area (Å²) in [6, 6.07) is -0.992. The summed E-state index contributed by atoms with van der Waals surface area (Å²) in [5.41, 5.74) is 0. The van der Waals surface area contributed by atoms with Crippen molar-refractivity contribution in [2.24, 2.45) is 0 Å². The van der Waals surface area contributed by atoms with Crippen LogP contribution < -0.4 is 5.32 Å². The number of rotatable bonds is 41. The molecule has 3 fully saturated rings. The summed E-state index contributed by atoms with van der Waals surface area (Å²) in [6.07, 6.45) is 29.7. The fourth-order valence-corrected chi connectivity index (χ4v) is 9.20. The predicted molar refractivity (Wildman–Crippen MR) is 309 cm³/mol. The standard InChI is InChI=1S/C62H101NO18/c1-3-5-7-9-11-12-13-14-15-16-17-18-19-20-21-22-23-24-25-26-27-28-29-30-31-32-34-36-38-40-50(68)63-45(46(67)39-37-35-33-10-8-6-4-2)44-76-60-56(74)53(71)58(48(42-65)78-60)81-62-57(75)54(72)59(49(43-66)79-62)80-61-55(73)52(70)51(69)47(41-64)77-61/h5,7,11-12,14-15,17-18,20-21,23-24,26-27,29-30,37,39,45-49,51-62,64-67,69-75H,3-4,6,8-10,13,16,19,22,25,28,31-36,38,40-44H2,1-2H3,(H,63,68)/b7-5-,12-11-,15-14-,18-17-,21-20-,24-23-,27-26-,30-29-,39-37+. The highest BCUT2D eigenvalue weighted by atomic mass is 16.8. The van der Waals surface area contributed by atoms with Crippen LogP contribution in [0, 0.1) is 0 Å². The van der Waals surface area contributed by atoms with E-state index in [4.69, 9.17) is 28.4 Å². The highest BCUT2D eigenvalue weighted by Crippen LogP contribution is 2.33. The van der Waals surface area contributed by atoms with Gasteiger partial charge in [-0.15, -0.1) is 0 Å². The first-order chi connectivity index (χ1) is 39.3. The number of carbonyl (C=O) groups is 1. The number of ether oxygens (including phenoxy) is 6. The lowest BCUT2D eigenvalue weighted by Crippen LogP contribution is -2.66. The van der Waals surface area contributed by atoms with E-state index in [9.17, 15) is 61.0 Å². The summed E-state index contributed by atoms with van der Waals surface area (Å²) >= 11 is 0. The lowest BCUT2D eigenvalue weighted by molar-refractivity contribution is -0.379. The zero-order valence-electron chi connectivity index (χ0n) is 48.0. The van der Waals surface area contributed by atoms with Gasteiger partial charge in [0.2, 0.25) is 5.91 Å². The summed E-state index contributed by atoms with van der Waals surface area (Å²) in [5, 5.41) is 120. The summed E-state index contributed by atoms with van der Waals surface area (Å²) in [7, 11) is 0. The Labute approximate surface area is 481 Å². The molecule has 3 aliphatic rings. The molecule has 0 radical (unpaired) electrons. The van der Waals surface area contributed by atoms with Gasteiger partial charge in [-0.3, -0.25) is 4.79 Å². The number of hydrogen-bond donors (Lipinski definition) is 12. The fourth-order valence-electron chi connectivity index (χ4n) is 9.20. The molecule has 0 spiro atoms. The fraction of sp³-hybridized carbons (Fsp3) is 0.694. The molecular weight excluding hydrogens is 1050 g/mol. The van der Waals surface area contributed by atoms with Gasteiger partial charge >= 0.3 is 0 Å². The van der Waals surface area contributed by atoms with E-state index in [1.54, 1.807) is 6.08 Å². The first-order valence-electron chi connectivity index (χ1n) is 29.6. The molecule has 0 aromatic heterocycles. The predicted octanol–water partition coefficient (Wildman–Crippen LogP) is 5.14. The number of unbranched alkanes of at least 4 members (excludes halogenated alkanes) is 9. The van der Waals surface area contributed by atoms with Gasteiger partial charge in [-0.1, -0.05) is 162 Å². The number of aliphatic hydroxyl groups is 11. The van der Waals surface area contributed by atoms with E-state index < -0.39 is 124 Å². The minimum Gasteiger partial charge on any atom is -0.394 e. The van der Waals surface area contributed by atoms with Gasteiger partial charge in [0.15, 0.2) is 18.9 Å². The number of aliphatic hydroxyl groups excluding tert-OH is 11. The van der Waals surface area contributed by atoms with Crippen LogP contribution >= 0.6 is 0 Å². The average molecular weight is 1150 g/mol. The van der Waals surface area contributed by atoms with Crippen molar-refractivity contribution in [3.63, 3.8) is 0 Å². The molecule has 462 valence electrons. The lowest BCUT2D eigenvalue weighted by atomic mass is 9.96. The van der Waals surface area contributed by atoms with E-state index in [1.807, 2.05) is 6.08 Å². The molecule has 0 aromatic rings. The SMILES string of the molecule is CC/C=C\C/C=C\C/C=C\C/C=C\C/C=C\C/C=C\C/C=C\C/C=C\CCCCCCC(=O)NC(COC1OC(CO)C(OC2OC(CO)C(OC3OC(CO)C(O)C(O)C3O)C(O)C2O)C(O)C1O)C(O)/C=C/CCCCCCC. The molecule has 0 bridgehead atoms. The van der Waals surface area contributed by atoms with Crippen LogP contribution in [-0.4, -0.2) is 193 Å². The number of allylic oxidation sites excluding steroid dienone is 17. The maximum absolute atomic E-state index is 13.2. The van der Waals surface area contributed by atoms with Crippen LogP contribution in [0.1, 0.15) is 142 Å². The van der Waals surface area contributed by atoms with E-state index in [2.05, 4.69) is 116 Å². The molecule has 1 amide bonds. The largest absolute Gasteiger partial charge is 0.394 e. The second-order valence-corrected chi connectivity index (χ2v) is 20.7. The van der Waals surface area contributed by atoms with Crippen LogP contribution in [0.15, 0.2) is 109 Å². The Kier molecular flexibility index (Phi) is 39.0. The van der Waals surface area contributed by atoms with Gasteiger partial charge in [0.05, 0.1) is 38.6 Å².